The first-order chi connectivity index (χ1) is 10.1. The van der Waals surface area contributed by atoms with Gasteiger partial charge in [-0.3, -0.25) is 14.6 Å². The zero-order valence-electron chi connectivity index (χ0n) is 12.0. The van der Waals surface area contributed by atoms with Crippen molar-refractivity contribution in [2.75, 3.05) is 43.8 Å². The molecule has 2 saturated heterocycles. The number of halogens is 1. The van der Waals surface area contributed by atoms with Gasteiger partial charge in [0, 0.05) is 30.7 Å². The van der Waals surface area contributed by atoms with Crippen LogP contribution < -0.4 is 11.1 Å². The van der Waals surface area contributed by atoms with Gasteiger partial charge in [-0.25, -0.2) is 0 Å². The number of benzene rings is 1. The summed E-state index contributed by atoms with van der Waals surface area (Å²) in [5.41, 5.74) is 6.97. The Morgan fingerprint density at radius 3 is 3.10 bits per heavy atom. The molecule has 0 saturated carbocycles. The summed E-state index contributed by atoms with van der Waals surface area (Å²) in [7, 11) is 0. The Morgan fingerprint density at radius 1 is 1.38 bits per heavy atom. The smallest absolute Gasteiger partial charge is 0.238 e. The molecular formula is C15H21ClN4O. The zero-order valence-corrected chi connectivity index (χ0v) is 12.8. The van der Waals surface area contributed by atoms with Gasteiger partial charge in [-0.1, -0.05) is 11.6 Å². The number of fused-ring (bicyclic) bond motifs is 1. The molecule has 1 unspecified atom stereocenters. The molecule has 0 aliphatic carbocycles. The minimum absolute atomic E-state index is 0.0320. The van der Waals surface area contributed by atoms with Crippen molar-refractivity contribution in [1.29, 1.82) is 0 Å². The van der Waals surface area contributed by atoms with Gasteiger partial charge in [0.2, 0.25) is 5.91 Å². The second kappa shape index (κ2) is 6.22. The number of nitrogens with one attached hydrogen (secondary N) is 1. The van der Waals surface area contributed by atoms with E-state index in [0.717, 1.165) is 19.6 Å². The second-order valence-electron chi connectivity index (χ2n) is 5.85. The molecule has 0 spiro atoms. The minimum atomic E-state index is -0.0320. The Balaban J connectivity index is 1.55. The third-order valence-electron chi connectivity index (χ3n) is 4.33. The van der Waals surface area contributed by atoms with Crippen molar-refractivity contribution in [3.05, 3.63) is 23.2 Å². The van der Waals surface area contributed by atoms with Crippen LogP contribution in [0.25, 0.3) is 0 Å². The highest BCUT2D eigenvalue weighted by molar-refractivity contribution is 6.31. The Labute approximate surface area is 130 Å². The summed E-state index contributed by atoms with van der Waals surface area (Å²) in [6.45, 7) is 4.63. The number of piperazine rings is 1. The quantitative estimate of drug-likeness (QED) is 0.833. The Bertz CT molecular complexity index is 536. The van der Waals surface area contributed by atoms with E-state index in [1.54, 1.807) is 18.2 Å². The summed E-state index contributed by atoms with van der Waals surface area (Å²) < 4.78 is 0. The van der Waals surface area contributed by atoms with Crippen LogP contribution in [0.4, 0.5) is 11.4 Å². The monoisotopic (exact) mass is 308 g/mol. The molecule has 1 atom stereocenters. The number of carbonyl (C=O) groups excluding carboxylic acids is 1. The zero-order chi connectivity index (χ0) is 14.8. The fourth-order valence-corrected chi connectivity index (χ4v) is 3.40. The van der Waals surface area contributed by atoms with Gasteiger partial charge in [-0.05, 0) is 37.6 Å². The van der Waals surface area contributed by atoms with E-state index in [0.29, 0.717) is 29.0 Å². The lowest BCUT2D eigenvalue weighted by Crippen LogP contribution is -2.51. The molecule has 1 aromatic rings. The average molecular weight is 309 g/mol. The molecule has 3 N–H and O–H groups in total. The van der Waals surface area contributed by atoms with Crippen molar-refractivity contribution >= 4 is 28.9 Å². The predicted octanol–water partition coefficient (Wildman–Crippen LogP) is 1.64. The lowest BCUT2D eigenvalue weighted by Gasteiger charge is -2.37. The number of rotatable bonds is 3. The number of hydrogen-bond acceptors (Lipinski definition) is 4. The maximum Gasteiger partial charge on any atom is 0.238 e. The van der Waals surface area contributed by atoms with E-state index in [9.17, 15) is 4.79 Å². The van der Waals surface area contributed by atoms with E-state index in [4.69, 9.17) is 17.3 Å². The van der Waals surface area contributed by atoms with Gasteiger partial charge < -0.3 is 11.1 Å². The van der Waals surface area contributed by atoms with Gasteiger partial charge in [0.1, 0.15) is 0 Å². The molecule has 1 aromatic carbocycles. The SMILES string of the molecule is Nc1ccc(Cl)cc1NC(=O)CN1CCN2CCCC2C1. The molecule has 21 heavy (non-hydrogen) atoms. The number of anilines is 2. The Hall–Kier alpha value is -1.30. The molecule has 2 aliphatic heterocycles. The molecule has 2 aliphatic rings. The van der Waals surface area contributed by atoms with Crippen LogP contribution in [-0.4, -0.2) is 54.5 Å². The van der Waals surface area contributed by atoms with E-state index in [2.05, 4.69) is 15.1 Å². The summed E-state index contributed by atoms with van der Waals surface area (Å²) >= 11 is 5.93. The predicted molar refractivity (Wildman–Crippen MR) is 85.5 cm³/mol. The first-order valence-corrected chi connectivity index (χ1v) is 7.81. The third-order valence-corrected chi connectivity index (χ3v) is 4.56. The van der Waals surface area contributed by atoms with Crippen LogP contribution in [0.1, 0.15) is 12.8 Å². The molecule has 0 bridgehead atoms. The van der Waals surface area contributed by atoms with Crippen LogP contribution in [0.2, 0.25) is 5.02 Å². The Kier molecular flexibility index (Phi) is 4.33. The van der Waals surface area contributed by atoms with Gasteiger partial charge in [-0.2, -0.15) is 0 Å². The molecule has 5 nitrogen and oxygen atoms in total. The van der Waals surface area contributed by atoms with Gasteiger partial charge in [-0.15, -0.1) is 0 Å². The topological polar surface area (TPSA) is 61.6 Å². The highest BCUT2D eigenvalue weighted by Crippen LogP contribution is 2.24. The lowest BCUT2D eigenvalue weighted by atomic mass is 10.1. The summed E-state index contributed by atoms with van der Waals surface area (Å²) in [5.74, 6) is -0.0320. The normalized spacial score (nSPS) is 23.0. The molecule has 3 rings (SSSR count). The fraction of sp³-hybridized carbons (Fsp3) is 0.533. The standard InChI is InChI=1S/C15H21ClN4O/c16-11-3-4-13(17)14(8-11)18-15(21)10-19-6-7-20-5-1-2-12(20)9-19/h3-4,8,12H,1-2,5-7,9-10,17H2,(H,18,21). The van der Waals surface area contributed by atoms with E-state index < -0.39 is 0 Å². The lowest BCUT2D eigenvalue weighted by molar-refractivity contribution is -0.117. The van der Waals surface area contributed by atoms with E-state index in [1.165, 1.54) is 19.4 Å². The van der Waals surface area contributed by atoms with Gasteiger partial charge in [0.25, 0.3) is 0 Å². The molecule has 0 aromatic heterocycles. The van der Waals surface area contributed by atoms with Crippen LogP contribution >= 0.6 is 11.6 Å². The second-order valence-corrected chi connectivity index (χ2v) is 6.28. The van der Waals surface area contributed by atoms with Crippen molar-refractivity contribution in [3.63, 3.8) is 0 Å². The van der Waals surface area contributed by atoms with Crippen molar-refractivity contribution in [2.24, 2.45) is 0 Å². The van der Waals surface area contributed by atoms with Crippen LogP contribution in [0.3, 0.4) is 0 Å². The van der Waals surface area contributed by atoms with E-state index >= 15 is 0 Å². The van der Waals surface area contributed by atoms with Crippen molar-refractivity contribution in [2.45, 2.75) is 18.9 Å². The highest BCUT2D eigenvalue weighted by atomic mass is 35.5. The molecular weight excluding hydrogens is 288 g/mol. The number of amides is 1. The maximum absolute atomic E-state index is 12.2. The minimum Gasteiger partial charge on any atom is -0.397 e. The van der Waals surface area contributed by atoms with Crippen LogP contribution in [0.15, 0.2) is 18.2 Å². The number of nitrogens with two attached hydrogens (primary N) is 1. The first kappa shape index (κ1) is 14.6. The van der Waals surface area contributed by atoms with Crippen LogP contribution in [0.5, 0.6) is 0 Å². The van der Waals surface area contributed by atoms with Crippen LogP contribution in [-0.2, 0) is 4.79 Å². The fourth-order valence-electron chi connectivity index (χ4n) is 3.23. The van der Waals surface area contributed by atoms with Gasteiger partial charge in [0.15, 0.2) is 0 Å². The molecule has 6 heteroatoms. The molecule has 114 valence electrons. The van der Waals surface area contributed by atoms with Crippen LogP contribution in [0, 0.1) is 0 Å². The molecule has 2 heterocycles. The maximum atomic E-state index is 12.2. The molecule has 0 radical (unpaired) electrons. The number of nitrogen functional groups attached to an aromatic ring is 1. The van der Waals surface area contributed by atoms with Gasteiger partial charge in [0.05, 0.1) is 17.9 Å². The summed E-state index contributed by atoms with van der Waals surface area (Å²) in [6.07, 6.45) is 2.53. The van der Waals surface area contributed by atoms with Crippen molar-refractivity contribution in [3.8, 4) is 0 Å². The third kappa shape index (κ3) is 3.48. The van der Waals surface area contributed by atoms with E-state index in [-0.39, 0.29) is 5.91 Å². The number of nitrogens with zero attached hydrogens (tertiary/aromatic N) is 2. The first-order valence-electron chi connectivity index (χ1n) is 7.43. The average Bonchev–Trinajstić information content (AvgIpc) is 2.90. The summed E-state index contributed by atoms with van der Waals surface area (Å²) in [5, 5.41) is 3.42. The number of carbonyl (C=O) groups is 1. The summed E-state index contributed by atoms with van der Waals surface area (Å²) in [4.78, 5) is 16.9. The Morgan fingerprint density at radius 2 is 2.24 bits per heavy atom. The van der Waals surface area contributed by atoms with Gasteiger partial charge >= 0.3 is 0 Å². The largest absolute Gasteiger partial charge is 0.397 e. The molecule has 2 fully saturated rings. The van der Waals surface area contributed by atoms with Crippen molar-refractivity contribution < 1.29 is 4.79 Å². The van der Waals surface area contributed by atoms with Crippen molar-refractivity contribution in [1.82, 2.24) is 9.80 Å². The highest BCUT2D eigenvalue weighted by Gasteiger charge is 2.31. The molecule has 1 amide bonds. The number of hydrogen-bond donors (Lipinski definition) is 2. The summed E-state index contributed by atoms with van der Waals surface area (Å²) in [6, 6.07) is 5.73. The van der Waals surface area contributed by atoms with E-state index in [1.807, 2.05) is 0 Å².